The summed E-state index contributed by atoms with van der Waals surface area (Å²) >= 11 is 2.09. The molecule has 0 amide bonds. The highest BCUT2D eigenvalue weighted by Crippen LogP contribution is 2.34. The molecule has 1 aromatic rings. The fourth-order valence-corrected chi connectivity index (χ4v) is 4.93. The van der Waals surface area contributed by atoms with E-state index in [9.17, 15) is 0 Å². The highest BCUT2D eigenvalue weighted by Gasteiger charge is 2.40. The fraction of sp³-hybridized carbons (Fsp3) is 0.824. The van der Waals surface area contributed by atoms with E-state index in [-0.39, 0.29) is 0 Å². The molecule has 2 fully saturated rings. The first kappa shape index (κ1) is 17.3. The van der Waals surface area contributed by atoms with Crippen molar-refractivity contribution in [1.82, 2.24) is 20.0 Å². The molecule has 0 spiro atoms. The number of morpholine rings is 1. The normalized spacial score (nSPS) is 27.7. The lowest BCUT2D eigenvalue weighted by atomic mass is 9.95. The Hall–Kier alpha value is -0.560. The first-order valence-corrected chi connectivity index (χ1v) is 9.94. The zero-order chi connectivity index (χ0) is 16.3. The largest absolute Gasteiger partial charge is 0.379 e. The summed E-state index contributed by atoms with van der Waals surface area (Å²) in [4.78, 5) is 2.66. The number of rotatable bonds is 6. The summed E-state index contributed by atoms with van der Waals surface area (Å²) in [5.74, 6) is 2.51. The number of thioether (sulfide) groups is 1. The van der Waals surface area contributed by atoms with Crippen molar-refractivity contribution in [2.24, 2.45) is 0 Å². The maximum atomic E-state index is 5.54. The van der Waals surface area contributed by atoms with Crippen LogP contribution in [0.5, 0.6) is 0 Å². The Morgan fingerprint density at radius 1 is 1.35 bits per heavy atom. The summed E-state index contributed by atoms with van der Waals surface area (Å²) in [6.45, 7) is 11.5. The Balaban J connectivity index is 1.61. The van der Waals surface area contributed by atoms with Crippen molar-refractivity contribution in [1.29, 1.82) is 0 Å². The first-order chi connectivity index (χ1) is 11.1. The molecule has 0 saturated carbocycles. The fourth-order valence-electron chi connectivity index (χ4n) is 3.45. The maximum Gasteiger partial charge on any atom is 0.0594 e. The van der Waals surface area contributed by atoms with Gasteiger partial charge in [-0.25, -0.2) is 0 Å². The van der Waals surface area contributed by atoms with Gasteiger partial charge in [-0.05, 0) is 32.9 Å². The van der Waals surface area contributed by atoms with E-state index >= 15 is 0 Å². The van der Waals surface area contributed by atoms with E-state index in [0.717, 1.165) is 32.8 Å². The Labute approximate surface area is 144 Å². The lowest BCUT2D eigenvalue weighted by Crippen LogP contribution is -2.58. The molecule has 2 aliphatic heterocycles. The monoisotopic (exact) mass is 338 g/mol. The van der Waals surface area contributed by atoms with Gasteiger partial charge in [0, 0.05) is 54.8 Å². The van der Waals surface area contributed by atoms with Crippen molar-refractivity contribution in [3.8, 4) is 0 Å². The molecular formula is C17H30N4OS. The molecule has 3 heterocycles. The van der Waals surface area contributed by atoms with E-state index in [1.54, 1.807) is 0 Å². The molecule has 2 saturated heterocycles. The molecular weight excluding hydrogens is 308 g/mol. The number of hydrogen-bond acceptors (Lipinski definition) is 5. The molecule has 23 heavy (non-hydrogen) atoms. The minimum atomic E-state index is 0.302. The highest BCUT2D eigenvalue weighted by atomic mass is 32.2. The van der Waals surface area contributed by atoms with Crippen LogP contribution in [0.4, 0.5) is 0 Å². The third-order valence-corrected chi connectivity index (χ3v) is 6.39. The number of ether oxygens (including phenoxy) is 1. The van der Waals surface area contributed by atoms with Gasteiger partial charge in [-0.1, -0.05) is 0 Å². The van der Waals surface area contributed by atoms with Crippen LogP contribution in [-0.4, -0.2) is 64.6 Å². The van der Waals surface area contributed by atoms with Crippen LogP contribution in [0, 0.1) is 0 Å². The molecule has 0 aliphatic carbocycles. The second-order valence-electron chi connectivity index (χ2n) is 7.08. The van der Waals surface area contributed by atoms with Gasteiger partial charge in [-0.2, -0.15) is 16.9 Å². The van der Waals surface area contributed by atoms with Crippen molar-refractivity contribution in [3.05, 3.63) is 18.0 Å². The second kappa shape index (κ2) is 7.55. The Bertz CT molecular complexity index is 493. The van der Waals surface area contributed by atoms with Crippen LogP contribution in [-0.2, 0) is 4.74 Å². The van der Waals surface area contributed by atoms with Gasteiger partial charge in [-0.15, -0.1) is 0 Å². The lowest BCUT2D eigenvalue weighted by molar-refractivity contribution is -0.0139. The van der Waals surface area contributed by atoms with Gasteiger partial charge in [0.15, 0.2) is 0 Å². The van der Waals surface area contributed by atoms with Crippen LogP contribution in [0.1, 0.15) is 44.8 Å². The SMILES string of the molecule is CC(C)n1cc([C@@H](C)NC[C@@]2(N3CCOCC3)CCSC2)cn1. The van der Waals surface area contributed by atoms with Gasteiger partial charge in [0.05, 0.1) is 19.4 Å². The number of nitrogens with one attached hydrogen (secondary N) is 1. The Morgan fingerprint density at radius 3 is 2.74 bits per heavy atom. The quantitative estimate of drug-likeness (QED) is 0.862. The second-order valence-corrected chi connectivity index (χ2v) is 8.18. The molecule has 0 bridgehead atoms. The van der Waals surface area contributed by atoms with Gasteiger partial charge >= 0.3 is 0 Å². The summed E-state index contributed by atoms with van der Waals surface area (Å²) in [6, 6.07) is 0.757. The number of hydrogen-bond donors (Lipinski definition) is 1. The number of aromatic nitrogens is 2. The van der Waals surface area contributed by atoms with Crippen molar-refractivity contribution in [3.63, 3.8) is 0 Å². The summed E-state index contributed by atoms with van der Waals surface area (Å²) in [6.07, 6.45) is 5.46. The Morgan fingerprint density at radius 2 is 2.13 bits per heavy atom. The number of nitrogens with zero attached hydrogens (tertiary/aromatic N) is 3. The van der Waals surface area contributed by atoms with Crippen molar-refractivity contribution in [2.45, 2.75) is 44.8 Å². The standard InChI is InChI=1S/C17H30N4OS/c1-14(2)21-11-16(10-19-21)15(3)18-12-17(4-9-23-13-17)20-5-7-22-8-6-20/h10-11,14-15,18H,4-9,12-13H2,1-3H3/t15-,17+/m1/s1. The van der Waals surface area contributed by atoms with Gasteiger partial charge in [0.2, 0.25) is 0 Å². The van der Waals surface area contributed by atoms with E-state index in [0.29, 0.717) is 17.6 Å². The summed E-state index contributed by atoms with van der Waals surface area (Å²) in [7, 11) is 0. The summed E-state index contributed by atoms with van der Waals surface area (Å²) in [5, 5.41) is 8.25. The molecule has 0 unspecified atom stereocenters. The van der Waals surface area contributed by atoms with Crippen molar-refractivity contribution >= 4 is 11.8 Å². The van der Waals surface area contributed by atoms with E-state index < -0.39 is 0 Å². The first-order valence-electron chi connectivity index (χ1n) is 8.79. The zero-order valence-corrected chi connectivity index (χ0v) is 15.4. The molecule has 0 aromatic carbocycles. The smallest absolute Gasteiger partial charge is 0.0594 e. The minimum absolute atomic E-state index is 0.302. The van der Waals surface area contributed by atoms with Crippen LogP contribution in [0.3, 0.4) is 0 Å². The molecule has 0 radical (unpaired) electrons. The molecule has 2 aliphatic rings. The average molecular weight is 339 g/mol. The summed E-state index contributed by atoms with van der Waals surface area (Å²) < 4.78 is 7.58. The van der Waals surface area contributed by atoms with Crippen LogP contribution in [0.2, 0.25) is 0 Å². The molecule has 130 valence electrons. The molecule has 6 heteroatoms. The third-order valence-electron chi connectivity index (χ3n) is 5.15. The molecule has 5 nitrogen and oxygen atoms in total. The lowest BCUT2D eigenvalue weighted by Gasteiger charge is -2.43. The molecule has 1 N–H and O–H groups in total. The molecule has 3 rings (SSSR count). The topological polar surface area (TPSA) is 42.3 Å². The van der Waals surface area contributed by atoms with Crippen LogP contribution >= 0.6 is 11.8 Å². The third kappa shape index (κ3) is 3.92. The van der Waals surface area contributed by atoms with E-state index in [4.69, 9.17) is 4.74 Å². The van der Waals surface area contributed by atoms with Crippen molar-refractivity contribution < 1.29 is 4.74 Å². The average Bonchev–Trinajstić information content (AvgIpc) is 3.24. The predicted octanol–water partition coefficient (Wildman–Crippen LogP) is 2.32. The summed E-state index contributed by atoms with van der Waals surface area (Å²) in [5.41, 5.74) is 1.58. The molecule has 1 aromatic heterocycles. The highest BCUT2D eigenvalue weighted by molar-refractivity contribution is 7.99. The van der Waals surface area contributed by atoms with Gasteiger partial charge in [0.25, 0.3) is 0 Å². The zero-order valence-electron chi connectivity index (χ0n) is 14.6. The van der Waals surface area contributed by atoms with Gasteiger partial charge in [0.1, 0.15) is 0 Å². The van der Waals surface area contributed by atoms with E-state index in [1.807, 2.05) is 10.9 Å². The molecule has 2 atom stereocenters. The predicted molar refractivity (Wildman–Crippen MR) is 96.1 cm³/mol. The van der Waals surface area contributed by atoms with E-state index in [1.165, 1.54) is 23.5 Å². The van der Waals surface area contributed by atoms with Crippen LogP contribution in [0.15, 0.2) is 12.4 Å². The minimum Gasteiger partial charge on any atom is -0.379 e. The van der Waals surface area contributed by atoms with E-state index in [2.05, 4.69) is 54.0 Å². The Kier molecular flexibility index (Phi) is 5.67. The van der Waals surface area contributed by atoms with Crippen LogP contribution < -0.4 is 5.32 Å². The van der Waals surface area contributed by atoms with Gasteiger partial charge in [-0.3, -0.25) is 9.58 Å². The van der Waals surface area contributed by atoms with Gasteiger partial charge < -0.3 is 10.1 Å². The van der Waals surface area contributed by atoms with Crippen molar-refractivity contribution in [2.75, 3.05) is 44.4 Å². The van der Waals surface area contributed by atoms with Crippen LogP contribution in [0.25, 0.3) is 0 Å². The maximum absolute atomic E-state index is 5.54.